The average molecular weight is 668 g/mol. The molecule has 0 radical (unpaired) electrons. The molecule has 0 aromatic heterocycles. The van der Waals surface area contributed by atoms with Gasteiger partial charge in [0, 0.05) is 30.3 Å². The van der Waals surface area contributed by atoms with Crippen LogP contribution in [-0.2, 0) is 22.2 Å². The van der Waals surface area contributed by atoms with Crippen LogP contribution in [0.4, 0.5) is 13.2 Å². The maximum absolute atomic E-state index is 13.4. The first-order valence-electron chi connectivity index (χ1n) is 15.9. The van der Waals surface area contributed by atoms with Crippen molar-refractivity contribution in [2.75, 3.05) is 13.1 Å². The number of amides is 4. The van der Waals surface area contributed by atoms with Gasteiger partial charge in [0.05, 0.1) is 17.6 Å². The van der Waals surface area contributed by atoms with E-state index in [0.29, 0.717) is 18.5 Å². The Morgan fingerprint density at radius 2 is 1.33 bits per heavy atom. The van der Waals surface area contributed by atoms with Crippen LogP contribution in [0, 0.1) is 5.92 Å². The van der Waals surface area contributed by atoms with Crippen LogP contribution in [0.1, 0.15) is 78.1 Å². The second-order valence-electron chi connectivity index (χ2n) is 12.0. The van der Waals surface area contributed by atoms with Gasteiger partial charge >= 0.3 is 6.18 Å². The minimum absolute atomic E-state index is 0.122. The maximum atomic E-state index is 13.4. The quantitative estimate of drug-likeness (QED) is 0.159. The molecule has 4 atom stereocenters. The van der Waals surface area contributed by atoms with Crippen molar-refractivity contribution in [1.82, 2.24) is 26.6 Å². The minimum Gasteiger partial charge on any atom is -0.355 e. The molecule has 0 fully saturated rings. The van der Waals surface area contributed by atoms with Gasteiger partial charge in [-0.05, 0) is 74.6 Å². The smallest absolute Gasteiger partial charge is 0.355 e. The van der Waals surface area contributed by atoms with Gasteiger partial charge in [-0.25, -0.2) is 0 Å². The van der Waals surface area contributed by atoms with E-state index < -0.39 is 47.7 Å². The van der Waals surface area contributed by atoms with Crippen molar-refractivity contribution in [3.63, 3.8) is 0 Å². The summed E-state index contributed by atoms with van der Waals surface area (Å²) < 4.78 is 38.8. The summed E-state index contributed by atoms with van der Waals surface area (Å²) in [5.41, 5.74) is 1.11. The molecule has 48 heavy (non-hydrogen) atoms. The Kier molecular flexibility index (Phi) is 13.7. The average Bonchev–Trinajstić information content (AvgIpc) is 3.05. The van der Waals surface area contributed by atoms with E-state index in [1.165, 1.54) is 18.2 Å². The molecular weight excluding hydrogens is 623 g/mol. The fourth-order valence-corrected chi connectivity index (χ4v) is 4.98. The monoisotopic (exact) mass is 667 g/mol. The standard InChI is InChI=1S/C36H44F3N5O4/c1-6-40-35(48)31(22(2)3)44-32(45)24(5)41-21-30(19-25-11-8-7-9-12-25)43-34(47)28-14-10-13-27(20-28)33(46)42-23(4)26-15-17-29(18-16-26)36(37,38)39/h7-18,20,22-24,30-31,41H,6,19,21H2,1-5H3,(H,40,48)(H,42,46)(H,43,47)(H,44,45)/t23?,24-,30-,31-/m0/s1. The first kappa shape index (κ1) is 37.7. The largest absolute Gasteiger partial charge is 0.416 e. The minimum atomic E-state index is -4.46. The van der Waals surface area contributed by atoms with E-state index in [4.69, 9.17) is 0 Å². The summed E-state index contributed by atoms with van der Waals surface area (Å²) >= 11 is 0. The molecule has 3 rings (SSSR count). The van der Waals surface area contributed by atoms with Gasteiger partial charge in [-0.2, -0.15) is 13.2 Å². The third kappa shape index (κ3) is 11.2. The third-order valence-corrected chi connectivity index (χ3v) is 7.79. The van der Waals surface area contributed by atoms with Crippen molar-refractivity contribution >= 4 is 23.6 Å². The summed E-state index contributed by atoms with van der Waals surface area (Å²) in [5, 5.41) is 14.5. The lowest BCUT2D eigenvalue weighted by atomic mass is 10.0. The SMILES string of the molecule is CCNC(=O)[C@@H](NC(=O)[C@H](C)NC[C@H](Cc1ccccc1)NC(=O)c1cccc(C(=O)NC(C)c2ccc(C(F)(F)F)cc2)c1)C(C)C. The molecule has 258 valence electrons. The molecule has 0 aliphatic heterocycles. The highest BCUT2D eigenvalue weighted by molar-refractivity contribution is 6.00. The summed E-state index contributed by atoms with van der Waals surface area (Å²) in [7, 11) is 0. The van der Waals surface area contributed by atoms with Crippen molar-refractivity contribution in [3.8, 4) is 0 Å². The van der Waals surface area contributed by atoms with Crippen LogP contribution < -0.4 is 26.6 Å². The number of hydrogen-bond acceptors (Lipinski definition) is 5. The van der Waals surface area contributed by atoms with Crippen LogP contribution in [0.25, 0.3) is 0 Å². The van der Waals surface area contributed by atoms with Crippen LogP contribution in [0.5, 0.6) is 0 Å². The van der Waals surface area contributed by atoms with Crippen molar-refractivity contribution in [2.45, 2.75) is 71.4 Å². The summed E-state index contributed by atoms with van der Waals surface area (Å²) in [5.74, 6) is -1.66. The molecule has 4 amide bonds. The first-order chi connectivity index (χ1) is 22.7. The van der Waals surface area contributed by atoms with Crippen molar-refractivity contribution < 1.29 is 32.3 Å². The number of benzene rings is 3. The lowest BCUT2D eigenvalue weighted by Crippen LogP contribution is -2.55. The van der Waals surface area contributed by atoms with E-state index in [9.17, 15) is 32.3 Å². The third-order valence-electron chi connectivity index (χ3n) is 7.79. The highest BCUT2D eigenvalue weighted by atomic mass is 19.4. The van der Waals surface area contributed by atoms with Crippen LogP contribution >= 0.6 is 0 Å². The van der Waals surface area contributed by atoms with Gasteiger partial charge in [0.15, 0.2) is 0 Å². The van der Waals surface area contributed by atoms with Crippen LogP contribution in [0.15, 0.2) is 78.9 Å². The van der Waals surface area contributed by atoms with Gasteiger partial charge in [-0.15, -0.1) is 0 Å². The van der Waals surface area contributed by atoms with Crippen LogP contribution in [-0.4, -0.2) is 54.8 Å². The predicted octanol–water partition coefficient (Wildman–Crippen LogP) is 4.79. The molecule has 3 aromatic carbocycles. The lowest BCUT2D eigenvalue weighted by molar-refractivity contribution is -0.137. The Bertz CT molecular complexity index is 1530. The normalized spacial score (nSPS) is 13.9. The molecule has 0 spiro atoms. The molecule has 1 unspecified atom stereocenters. The van der Waals surface area contributed by atoms with E-state index in [1.54, 1.807) is 39.0 Å². The number of carbonyl (C=O) groups excluding carboxylic acids is 4. The molecule has 0 aliphatic carbocycles. The number of halogens is 3. The number of alkyl halides is 3. The van der Waals surface area contributed by atoms with Gasteiger partial charge in [0.2, 0.25) is 11.8 Å². The summed E-state index contributed by atoms with van der Waals surface area (Å²) in [6.45, 7) is 9.52. The Balaban J connectivity index is 1.68. The van der Waals surface area contributed by atoms with Crippen LogP contribution in [0.2, 0.25) is 0 Å². The molecule has 3 aromatic rings. The number of likely N-dealkylation sites (N-methyl/N-ethyl adjacent to an activating group) is 1. The van der Waals surface area contributed by atoms with Gasteiger partial charge in [0.1, 0.15) is 6.04 Å². The highest BCUT2D eigenvalue weighted by Gasteiger charge is 2.30. The van der Waals surface area contributed by atoms with Gasteiger partial charge in [-0.1, -0.05) is 62.4 Å². The molecule has 5 N–H and O–H groups in total. The van der Waals surface area contributed by atoms with E-state index >= 15 is 0 Å². The Hall–Kier alpha value is -4.71. The molecular formula is C36H44F3N5O4. The van der Waals surface area contributed by atoms with Gasteiger partial charge < -0.3 is 26.6 Å². The Morgan fingerprint density at radius 3 is 1.90 bits per heavy atom. The summed E-state index contributed by atoms with van der Waals surface area (Å²) in [6, 6.07) is 17.8. The van der Waals surface area contributed by atoms with Gasteiger partial charge in [0.25, 0.3) is 11.8 Å². The fourth-order valence-electron chi connectivity index (χ4n) is 4.98. The molecule has 0 saturated carbocycles. The summed E-state index contributed by atoms with van der Waals surface area (Å²) in [6.07, 6.45) is -4.01. The second-order valence-corrected chi connectivity index (χ2v) is 12.0. The summed E-state index contributed by atoms with van der Waals surface area (Å²) in [4.78, 5) is 51.9. The predicted molar refractivity (Wildman–Crippen MR) is 178 cm³/mol. The first-order valence-corrected chi connectivity index (χ1v) is 15.9. The number of hydrogen-bond donors (Lipinski definition) is 5. The molecule has 12 heteroatoms. The maximum Gasteiger partial charge on any atom is 0.416 e. The zero-order valence-corrected chi connectivity index (χ0v) is 27.8. The molecule has 0 aliphatic rings. The Labute approximate surface area is 279 Å². The van der Waals surface area contributed by atoms with E-state index in [2.05, 4.69) is 26.6 Å². The number of carbonyl (C=O) groups is 4. The molecule has 0 bridgehead atoms. The highest BCUT2D eigenvalue weighted by Crippen LogP contribution is 2.30. The second kappa shape index (κ2) is 17.4. The number of rotatable bonds is 15. The number of nitrogens with one attached hydrogen (secondary N) is 5. The molecule has 0 heterocycles. The zero-order valence-electron chi connectivity index (χ0n) is 27.8. The van der Waals surface area contributed by atoms with Crippen molar-refractivity contribution in [2.24, 2.45) is 5.92 Å². The van der Waals surface area contributed by atoms with E-state index in [-0.39, 0.29) is 35.4 Å². The van der Waals surface area contributed by atoms with E-state index in [1.807, 2.05) is 44.2 Å². The van der Waals surface area contributed by atoms with Gasteiger partial charge in [-0.3, -0.25) is 19.2 Å². The van der Waals surface area contributed by atoms with Crippen molar-refractivity contribution in [1.29, 1.82) is 0 Å². The van der Waals surface area contributed by atoms with Crippen LogP contribution in [0.3, 0.4) is 0 Å². The zero-order chi connectivity index (χ0) is 35.4. The Morgan fingerprint density at radius 1 is 0.729 bits per heavy atom. The topological polar surface area (TPSA) is 128 Å². The van der Waals surface area contributed by atoms with Crippen molar-refractivity contribution in [3.05, 3.63) is 107 Å². The fraction of sp³-hybridized carbons (Fsp3) is 0.389. The van der Waals surface area contributed by atoms with E-state index in [0.717, 1.165) is 17.7 Å². The molecule has 9 nitrogen and oxygen atoms in total. The lowest BCUT2D eigenvalue weighted by Gasteiger charge is -2.25. The molecule has 0 saturated heterocycles.